The van der Waals surface area contributed by atoms with Crippen molar-refractivity contribution in [2.24, 2.45) is 5.92 Å². The molecular weight excluding hydrogens is 131 g/mol. The van der Waals surface area contributed by atoms with Crippen molar-refractivity contribution in [3.63, 3.8) is 0 Å². The van der Waals surface area contributed by atoms with Gasteiger partial charge < -0.3 is 4.74 Å². The van der Waals surface area contributed by atoms with Crippen LogP contribution in [0.25, 0.3) is 0 Å². The van der Waals surface area contributed by atoms with Gasteiger partial charge in [0.25, 0.3) is 0 Å². The zero-order chi connectivity index (χ0) is 7.19. The molecule has 0 saturated heterocycles. The number of hydrogen-bond acceptors (Lipinski definition) is 1. The molecule has 0 aromatic rings. The third kappa shape index (κ3) is 0.605. The summed E-state index contributed by atoms with van der Waals surface area (Å²) in [4.78, 5) is 0. The molecule has 0 aromatic carbocycles. The zero-order valence-electron chi connectivity index (χ0n) is 6.27. The zero-order valence-corrected chi connectivity index (χ0v) is 6.27. The minimum Gasteiger partial charge on any atom is -0.375 e. The lowest BCUT2D eigenvalue weighted by Gasteiger charge is -2.18. The number of ether oxygens (including phenoxy) is 1. The first kappa shape index (κ1) is 6.59. The van der Waals surface area contributed by atoms with Crippen LogP contribution >= 0.6 is 0 Å². The fourth-order valence-corrected chi connectivity index (χ4v) is 2.29. The number of hydrogen-bond donors (Lipinski definition) is 0. The monoisotopic (exact) mass is 144 g/mol. The Morgan fingerprint density at radius 1 is 1.50 bits per heavy atom. The highest BCUT2D eigenvalue weighted by molar-refractivity contribution is 5.16. The van der Waals surface area contributed by atoms with E-state index in [2.05, 4.69) is 0 Å². The topological polar surface area (TPSA) is 9.23 Å². The Labute approximate surface area is 60.6 Å². The Bertz CT molecular complexity index is 148. The van der Waals surface area contributed by atoms with Gasteiger partial charge in [0.1, 0.15) is 11.8 Å². The molecule has 0 N–H and O–H groups in total. The predicted molar refractivity (Wildman–Crippen MR) is 36.6 cm³/mol. The molecule has 0 radical (unpaired) electrons. The van der Waals surface area contributed by atoms with E-state index in [9.17, 15) is 4.39 Å². The van der Waals surface area contributed by atoms with Crippen molar-refractivity contribution < 1.29 is 9.13 Å². The molecule has 2 aliphatic rings. The van der Waals surface area contributed by atoms with Crippen LogP contribution in [-0.4, -0.2) is 18.9 Å². The summed E-state index contributed by atoms with van der Waals surface area (Å²) in [5.41, 5.74) is -0.321. The first-order chi connectivity index (χ1) is 4.81. The SMILES string of the molecule is CO[C@]12CCCC[C@@H]1[C@H]2F. The molecular formula is C8H13FO. The van der Waals surface area contributed by atoms with Crippen LogP contribution in [0.1, 0.15) is 25.7 Å². The van der Waals surface area contributed by atoms with Crippen LogP contribution in [0.5, 0.6) is 0 Å². The number of halogens is 1. The van der Waals surface area contributed by atoms with Crippen LogP contribution in [0, 0.1) is 5.92 Å². The van der Waals surface area contributed by atoms with Crippen molar-refractivity contribution in [2.75, 3.05) is 7.11 Å². The van der Waals surface area contributed by atoms with Crippen molar-refractivity contribution in [3.05, 3.63) is 0 Å². The fraction of sp³-hybridized carbons (Fsp3) is 1.00. The molecule has 0 bridgehead atoms. The third-order valence-electron chi connectivity index (χ3n) is 3.05. The first-order valence-electron chi connectivity index (χ1n) is 4.00. The average molecular weight is 144 g/mol. The van der Waals surface area contributed by atoms with Crippen LogP contribution in [-0.2, 0) is 4.74 Å². The normalized spacial score (nSPS) is 52.2. The molecule has 1 nitrogen and oxygen atoms in total. The molecule has 2 saturated carbocycles. The lowest BCUT2D eigenvalue weighted by atomic mass is 9.98. The Morgan fingerprint density at radius 3 is 2.80 bits per heavy atom. The molecule has 2 rings (SSSR count). The highest BCUT2D eigenvalue weighted by Crippen LogP contribution is 2.57. The molecule has 0 heterocycles. The first-order valence-corrected chi connectivity index (χ1v) is 4.00. The molecule has 10 heavy (non-hydrogen) atoms. The molecule has 2 aliphatic carbocycles. The van der Waals surface area contributed by atoms with Gasteiger partial charge in [0.15, 0.2) is 0 Å². The summed E-state index contributed by atoms with van der Waals surface area (Å²) in [6.07, 6.45) is 3.66. The highest BCUT2D eigenvalue weighted by atomic mass is 19.1. The second-order valence-corrected chi connectivity index (χ2v) is 3.41. The smallest absolute Gasteiger partial charge is 0.135 e. The van der Waals surface area contributed by atoms with Gasteiger partial charge in [-0.2, -0.15) is 0 Å². The maximum Gasteiger partial charge on any atom is 0.135 e. The standard InChI is InChI=1S/C8H13FO/c1-10-8-5-3-2-4-6(8)7(8)9/h6-7H,2-5H2,1H3/t6-,7-,8-/m1/s1. The van der Waals surface area contributed by atoms with Crippen molar-refractivity contribution in [3.8, 4) is 0 Å². The molecule has 58 valence electrons. The number of rotatable bonds is 1. The van der Waals surface area contributed by atoms with Crippen LogP contribution < -0.4 is 0 Å². The van der Waals surface area contributed by atoms with Crippen molar-refractivity contribution in [1.29, 1.82) is 0 Å². The molecule has 2 heteroatoms. The lowest BCUT2D eigenvalue weighted by molar-refractivity contribution is 0.0305. The van der Waals surface area contributed by atoms with Crippen LogP contribution in [0.2, 0.25) is 0 Å². The Morgan fingerprint density at radius 2 is 2.30 bits per heavy atom. The van der Waals surface area contributed by atoms with Crippen LogP contribution in [0.3, 0.4) is 0 Å². The molecule has 0 aliphatic heterocycles. The maximum atomic E-state index is 13.0. The largest absolute Gasteiger partial charge is 0.375 e. The van der Waals surface area contributed by atoms with E-state index in [0.29, 0.717) is 0 Å². The molecule has 3 atom stereocenters. The van der Waals surface area contributed by atoms with Gasteiger partial charge in [0.05, 0.1) is 0 Å². The molecule has 0 aromatic heterocycles. The van der Waals surface area contributed by atoms with E-state index in [1.165, 1.54) is 6.42 Å². The van der Waals surface area contributed by atoms with E-state index < -0.39 is 6.17 Å². The van der Waals surface area contributed by atoms with Crippen molar-refractivity contribution >= 4 is 0 Å². The Balaban J connectivity index is 2.09. The third-order valence-corrected chi connectivity index (χ3v) is 3.05. The average Bonchev–Trinajstić information content (AvgIpc) is 2.60. The van der Waals surface area contributed by atoms with Gasteiger partial charge in [0, 0.05) is 13.0 Å². The van der Waals surface area contributed by atoms with Gasteiger partial charge in [0.2, 0.25) is 0 Å². The summed E-state index contributed by atoms with van der Waals surface area (Å²) < 4.78 is 18.2. The van der Waals surface area contributed by atoms with Gasteiger partial charge in [-0.15, -0.1) is 0 Å². The number of alkyl halides is 1. The maximum absolute atomic E-state index is 13.0. The van der Waals surface area contributed by atoms with Crippen molar-refractivity contribution in [2.45, 2.75) is 37.5 Å². The molecule has 0 amide bonds. The van der Waals surface area contributed by atoms with Gasteiger partial charge in [-0.3, -0.25) is 0 Å². The van der Waals surface area contributed by atoms with Crippen molar-refractivity contribution in [1.82, 2.24) is 0 Å². The van der Waals surface area contributed by atoms with E-state index in [0.717, 1.165) is 19.3 Å². The Kier molecular flexibility index (Phi) is 1.28. The second kappa shape index (κ2) is 1.94. The van der Waals surface area contributed by atoms with Gasteiger partial charge in [-0.25, -0.2) is 4.39 Å². The summed E-state index contributed by atoms with van der Waals surface area (Å²) in [5, 5.41) is 0. The summed E-state index contributed by atoms with van der Waals surface area (Å²) in [6, 6.07) is 0. The van der Waals surface area contributed by atoms with Gasteiger partial charge in [-0.05, 0) is 12.8 Å². The number of methoxy groups -OCH3 is 1. The summed E-state index contributed by atoms with van der Waals surface area (Å²) in [5.74, 6) is 0.242. The molecule has 0 spiro atoms. The predicted octanol–water partition coefficient (Wildman–Crippen LogP) is 1.91. The van der Waals surface area contributed by atoms with Crippen LogP contribution in [0.15, 0.2) is 0 Å². The minimum absolute atomic E-state index is 0.242. The second-order valence-electron chi connectivity index (χ2n) is 3.41. The minimum atomic E-state index is -0.653. The quantitative estimate of drug-likeness (QED) is 0.546. The van der Waals surface area contributed by atoms with E-state index in [-0.39, 0.29) is 11.5 Å². The Hall–Kier alpha value is -0.110. The lowest BCUT2D eigenvalue weighted by Crippen LogP contribution is -2.20. The van der Waals surface area contributed by atoms with E-state index >= 15 is 0 Å². The van der Waals surface area contributed by atoms with E-state index in [1.807, 2.05) is 0 Å². The summed E-state index contributed by atoms with van der Waals surface area (Å²) >= 11 is 0. The fourth-order valence-electron chi connectivity index (χ4n) is 2.29. The molecule has 0 unspecified atom stereocenters. The number of fused-ring (bicyclic) bond motifs is 1. The highest BCUT2D eigenvalue weighted by Gasteiger charge is 2.67. The summed E-state index contributed by atoms with van der Waals surface area (Å²) in [6.45, 7) is 0. The van der Waals surface area contributed by atoms with Gasteiger partial charge >= 0.3 is 0 Å². The van der Waals surface area contributed by atoms with E-state index in [1.54, 1.807) is 7.11 Å². The van der Waals surface area contributed by atoms with Gasteiger partial charge in [-0.1, -0.05) is 12.8 Å². The summed E-state index contributed by atoms with van der Waals surface area (Å²) in [7, 11) is 1.64. The van der Waals surface area contributed by atoms with E-state index in [4.69, 9.17) is 4.74 Å². The molecule has 2 fully saturated rings. The van der Waals surface area contributed by atoms with Crippen LogP contribution in [0.4, 0.5) is 4.39 Å².